The molecule has 0 aromatic heterocycles. The smallest absolute Gasteiger partial charge is 0.139 e. The first kappa shape index (κ1) is 17.9. The van der Waals surface area contributed by atoms with E-state index >= 15 is 0 Å². The van der Waals surface area contributed by atoms with E-state index in [9.17, 15) is 0 Å². The summed E-state index contributed by atoms with van der Waals surface area (Å²) >= 11 is 0. The molecule has 100 valence electrons. The molecule has 0 rings (SSSR count). The lowest BCUT2D eigenvalue weighted by atomic mass is 10.2. The van der Waals surface area contributed by atoms with Gasteiger partial charge in [0.25, 0.3) is 0 Å². The summed E-state index contributed by atoms with van der Waals surface area (Å²) < 4.78 is 0. The Hall–Kier alpha value is -2.48. The maximum Gasteiger partial charge on any atom is 0.139 e. The molecule has 18 heavy (non-hydrogen) atoms. The van der Waals surface area contributed by atoms with Gasteiger partial charge in [-0.2, -0.15) is 10.5 Å². The maximum absolute atomic E-state index is 8.11. The third-order valence-corrected chi connectivity index (χ3v) is 1.70. The van der Waals surface area contributed by atoms with Gasteiger partial charge in [0, 0.05) is 25.7 Å². The Morgan fingerprint density at radius 1 is 0.889 bits per heavy atom. The van der Waals surface area contributed by atoms with Crippen molar-refractivity contribution in [3.8, 4) is 12.1 Å². The van der Waals surface area contributed by atoms with E-state index < -0.39 is 0 Å². The van der Waals surface area contributed by atoms with Gasteiger partial charge in [0.15, 0.2) is 0 Å². The maximum atomic E-state index is 8.11. The molecule has 0 aromatic carbocycles. The Morgan fingerprint density at radius 3 is 1.56 bits per heavy atom. The fourth-order valence-electron chi connectivity index (χ4n) is 0.797. The topological polar surface area (TPSA) is 165 Å². The minimum Gasteiger partial charge on any atom is -0.409 e. The van der Waals surface area contributed by atoms with Gasteiger partial charge in [-0.25, -0.2) is 0 Å². The molecule has 0 aliphatic heterocycles. The van der Waals surface area contributed by atoms with Crippen LogP contribution in [0.4, 0.5) is 0 Å². The van der Waals surface area contributed by atoms with Crippen molar-refractivity contribution < 1.29 is 10.4 Å². The van der Waals surface area contributed by atoms with Crippen molar-refractivity contribution in [3.05, 3.63) is 0 Å². The van der Waals surface area contributed by atoms with Crippen LogP contribution in [0.5, 0.6) is 0 Å². The van der Waals surface area contributed by atoms with Gasteiger partial charge in [0.1, 0.15) is 11.7 Å². The first-order valence-corrected chi connectivity index (χ1v) is 5.29. The molecule has 0 saturated carbocycles. The molecule has 0 fully saturated rings. The van der Waals surface area contributed by atoms with E-state index in [2.05, 4.69) is 10.3 Å². The molecule has 0 radical (unpaired) electrons. The van der Waals surface area contributed by atoms with Crippen molar-refractivity contribution in [2.75, 3.05) is 0 Å². The zero-order valence-corrected chi connectivity index (χ0v) is 10.1. The van der Waals surface area contributed by atoms with Gasteiger partial charge >= 0.3 is 0 Å². The van der Waals surface area contributed by atoms with E-state index in [4.69, 9.17) is 32.4 Å². The highest BCUT2D eigenvalue weighted by atomic mass is 16.4. The summed E-state index contributed by atoms with van der Waals surface area (Å²) in [5.41, 5.74) is 10.3. The highest BCUT2D eigenvalue weighted by molar-refractivity contribution is 5.82. The number of oxime groups is 2. The minimum atomic E-state index is 0.149. The van der Waals surface area contributed by atoms with Crippen LogP contribution in [0, 0.1) is 22.7 Å². The van der Waals surface area contributed by atoms with Crippen LogP contribution in [0.25, 0.3) is 0 Å². The number of amidine groups is 2. The predicted molar refractivity (Wildman–Crippen MR) is 65.7 cm³/mol. The summed E-state index contributed by atoms with van der Waals surface area (Å²) in [5, 5.41) is 37.6. The second-order valence-corrected chi connectivity index (χ2v) is 3.21. The Kier molecular flexibility index (Phi) is 14.4. The highest BCUT2D eigenvalue weighted by Gasteiger charge is 1.96. The van der Waals surface area contributed by atoms with Crippen LogP contribution in [0.3, 0.4) is 0 Å². The zero-order valence-electron chi connectivity index (χ0n) is 10.1. The Bertz CT molecular complexity index is 307. The lowest BCUT2D eigenvalue weighted by molar-refractivity contribution is 0.315. The summed E-state index contributed by atoms with van der Waals surface area (Å²) in [6, 6.07) is 3.90. The molecule has 6 N–H and O–H groups in total. The number of nitrogens with two attached hydrogens (primary N) is 2. The average Bonchev–Trinajstić information content (AvgIpc) is 2.39. The monoisotopic (exact) mass is 254 g/mol. The second-order valence-electron chi connectivity index (χ2n) is 3.21. The predicted octanol–water partition coefficient (Wildman–Crippen LogP) is 0.853. The molecule has 0 unspecified atom stereocenters. The lowest BCUT2D eigenvalue weighted by Gasteiger charge is -1.96. The van der Waals surface area contributed by atoms with Crippen molar-refractivity contribution in [2.45, 2.75) is 38.5 Å². The van der Waals surface area contributed by atoms with E-state index in [1.165, 1.54) is 0 Å². The fourth-order valence-corrected chi connectivity index (χ4v) is 0.797. The third-order valence-electron chi connectivity index (χ3n) is 1.70. The van der Waals surface area contributed by atoms with E-state index in [0.717, 1.165) is 0 Å². The first-order chi connectivity index (χ1) is 8.62. The average molecular weight is 254 g/mol. The molecular weight excluding hydrogens is 236 g/mol. The summed E-state index contributed by atoms with van der Waals surface area (Å²) in [6.07, 6.45) is 3.21. The lowest BCUT2D eigenvalue weighted by Crippen LogP contribution is -2.15. The summed E-state index contributed by atoms with van der Waals surface area (Å²) in [6.45, 7) is 0. The van der Waals surface area contributed by atoms with Crippen molar-refractivity contribution in [2.24, 2.45) is 21.8 Å². The molecule has 8 nitrogen and oxygen atoms in total. The van der Waals surface area contributed by atoms with Crippen LogP contribution in [-0.2, 0) is 0 Å². The Morgan fingerprint density at radius 2 is 1.28 bits per heavy atom. The molecule has 0 saturated heterocycles. The molecular formula is C10H18N6O2. The van der Waals surface area contributed by atoms with Gasteiger partial charge in [-0.15, -0.1) is 0 Å². The summed E-state index contributed by atoms with van der Waals surface area (Å²) in [5.74, 6) is 0.298. The van der Waals surface area contributed by atoms with E-state index in [1.54, 1.807) is 0 Å². The SMILES string of the molecule is N#CCCCC#N.N/C(CCC/C(N)=N\O)=N\O. The van der Waals surface area contributed by atoms with Gasteiger partial charge in [0.2, 0.25) is 0 Å². The number of rotatable bonds is 6. The number of unbranched alkanes of at least 4 members (excludes halogenated alkanes) is 2. The first-order valence-electron chi connectivity index (χ1n) is 5.29. The number of nitrogens with zero attached hydrogens (tertiary/aromatic N) is 4. The zero-order chi connectivity index (χ0) is 14.2. The number of nitriles is 2. The van der Waals surface area contributed by atoms with Gasteiger partial charge < -0.3 is 21.9 Å². The van der Waals surface area contributed by atoms with Crippen LogP contribution < -0.4 is 11.5 Å². The molecule has 0 amide bonds. The van der Waals surface area contributed by atoms with Crippen LogP contribution >= 0.6 is 0 Å². The molecule has 0 aliphatic carbocycles. The van der Waals surface area contributed by atoms with Crippen molar-refractivity contribution in [1.29, 1.82) is 10.5 Å². The third kappa shape index (κ3) is 16.0. The molecule has 0 aromatic rings. The van der Waals surface area contributed by atoms with Gasteiger partial charge in [-0.3, -0.25) is 0 Å². The van der Waals surface area contributed by atoms with Gasteiger partial charge in [-0.1, -0.05) is 10.3 Å². The van der Waals surface area contributed by atoms with E-state index in [-0.39, 0.29) is 11.7 Å². The molecule has 0 bridgehead atoms. The van der Waals surface area contributed by atoms with Crippen LogP contribution in [0.2, 0.25) is 0 Å². The second kappa shape index (κ2) is 14.5. The standard InChI is InChI=1S/C5H12N4O2.C5H6N2/c6-4(8-10)2-1-3-5(7)9-11;6-4-2-1-3-5-7/h10-11H,1-3H2,(H2,6,8)(H2,7,9);1-3H2. The fraction of sp³-hybridized carbons (Fsp3) is 0.600. The molecule has 0 atom stereocenters. The molecule has 8 heteroatoms. The highest BCUT2D eigenvalue weighted by Crippen LogP contribution is 1.94. The van der Waals surface area contributed by atoms with E-state index in [0.29, 0.717) is 38.5 Å². The normalized spacial score (nSPS) is 10.8. The van der Waals surface area contributed by atoms with Gasteiger partial charge in [0.05, 0.1) is 12.1 Å². The molecule has 0 aliphatic rings. The van der Waals surface area contributed by atoms with Crippen molar-refractivity contribution in [1.82, 2.24) is 0 Å². The number of hydrogen-bond donors (Lipinski definition) is 4. The largest absolute Gasteiger partial charge is 0.409 e. The van der Waals surface area contributed by atoms with Crippen LogP contribution in [0.1, 0.15) is 38.5 Å². The van der Waals surface area contributed by atoms with Gasteiger partial charge in [-0.05, 0) is 12.8 Å². The summed E-state index contributed by atoms with van der Waals surface area (Å²) in [7, 11) is 0. The van der Waals surface area contributed by atoms with Crippen molar-refractivity contribution in [3.63, 3.8) is 0 Å². The van der Waals surface area contributed by atoms with Crippen LogP contribution in [-0.4, -0.2) is 22.1 Å². The molecule has 0 heterocycles. The van der Waals surface area contributed by atoms with E-state index in [1.807, 2.05) is 12.1 Å². The molecule has 0 spiro atoms. The van der Waals surface area contributed by atoms with Crippen molar-refractivity contribution >= 4 is 11.7 Å². The Balaban J connectivity index is 0. The Labute approximate surface area is 106 Å². The van der Waals surface area contributed by atoms with Crippen LogP contribution in [0.15, 0.2) is 10.3 Å². The quantitative estimate of drug-likeness (QED) is 0.180. The minimum absolute atomic E-state index is 0.149. The number of hydrogen-bond acceptors (Lipinski definition) is 6. The summed E-state index contributed by atoms with van der Waals surface area (Å²) in [4.78, 5) is 0.